The fourth-order valence-corrected chi connectivity index (χ4v) is 8.78. The molecule has 12 rings (SSSR count). The maximum atomic E-state index is 3.54. The summed E-state index contributed by atoms with van der Waals surface area (Å²) in [6.07, 6.45) is 44.2. The molecule has 0 amide bonds. The molecule has 7 aromatic rings. The largest absolute Gasteiger partial charge is 0.267 e. The minimum absolute atomic E-state index is 0. The molecule has 0 spiro atoms. The number of benzene rings is 6. The van der Waals surface area contributed by atoms with Gasteiger partial charge in [0.05, 0.1) is 0 Å². The monoisotopic (exact) mass is 1190 g/mol. The van der Waals surface area contributed by atoms with E-state index < -0.39 is 0 Å². The van der Waals surface area contributed by atoms with Crippen LogP contribution in [0.3, 0.4) is 0 Å². The van der Waals surface area contributed by atoms with E-state index in [0.29, 0.717) is 0 Å². The van der Waals surface area contributed by atoms with Gasteiger partial charge in [0, 0.05) is 61.3 Å². The van der Waals surface area contributed by atoms with Crippen LogP contribution in [0.15, 0.2) is 218 Å². The van der Waals surface area contributed by atoms with Gasteiger partial charge in [0.2, 0.25) is 0 Å². The minimum atomic E-state index is 0. The van der Waals surface area contributed by atoms with Crippen molar-refractivity contribution < 1.29 is 61.3 Å². The number of hydrogen-bond acceptors (Lipinski definition) is 0. The molecule has 0 aromatic heterocycles. The van der Waals surface area contributed by atoms with E-state index in [1.165, 1.54) is 61.2 Å². The molecule has 0 aliphatic heterocycles. The first kappa shape index (κ1) is 53.6. The Kier molecular flexibility index (Phi) is 20.1. The summed E-state index contributed by atoms with van der Waals surface area (Å²) in [5.41, 5.74) is 22.0. The molecule has 5 aliphatic rings. The van der Waals surface area contributed by atoms with Gasteiger partial charge >= 0.3 is 0 Å². The van der Waals surface area contributed by atoms with Crippen LogP contribution < -0.4 is 0 Å². The summed E-state index contributed by atoms with van der Waals surface area (Å²) in [5.74, 6) is 0.485. The quantitative estimate of drug-likeness (QED) is 0.0650. The van der Waals surface area contributed by atoms with Crippen LogP contribution in [0.4, 0.5) is 0 Å². The van der Waals surface area contributed by atoms with Crippen molar-refractivity contribution in [2.24, 2.45) is 0 Å². The molecular formula is C69H47Pd3-11. The van der Waals surface area contributed by atoms with Crippen molar-refractivity contribution in [3.05, 3.63) is 340 Å². The first-order chi connectivity index (χ1) is 34.1. The molecule has 0 heterocycles. The molecule has 72 heavy (non-hydrogen) atoms. The molecule has 2 unspecified atom stereocenters. The van der Waals surface area contributed by atoms with Crippen LogP contribution in [0.25, 0.3) is 27.8 Å². The van der Waals surface area contributed by atoms with Gasteiger partial charge in [0.1, 0.15) is 0 Å². The van der Waals surface area contributed by atoms with Crippen molar-refractivity contribution >= 4 is 16.7 Å². The van der Waals surface area contributed by atoms with Crippen LogP contribution in [0.1, 0.15) is 85.9 Å². The van der Waals surface area contributed by atoms with Gasteiger partial charge in [-0.15, -0.1) is 83.1 Å². The van der Waals surface area contributed by atoms with E-state index in [1.54, 1.807) is 0 Å². The van der Waals surface area contributed by atoms with Crippen LogP contribution in [0.5, 0.6) is 0 Å². The average molecular weight is 1200 g/mol. The van der Waals surface area contributed by atoms with Crippen LogP contribution in [0, 0.1) is 60.7 Å². The Morgan fingerprint density at radius 2 is 0.903 bits per heavy atom. The molecule has 5 aliphatic carbocycles. The van der Waals surface area contributed by atoms with E-state index in [2.05, 4.69) is 230 Å². The molecule has 0 N–H and O–H groups in total. The first-order valence-corrected chi connectivity index (χ1v) is 23.7. The van der Waals surface area contributed by atoms with Gasteiger partial charge < -0.3 is 0 Å². The second kappa shape index (κ2) is 27.0. The van der Waals surface area contributed by atoms with E-state index in [9.17, 15) is 0 Å². The molecule has 7 aromatic carbocycles. The van der Waals surface area contributed by atoms with Crippen LogP contribution in [-0.2, 0) is 80.5 Å². The zero-order chi connectivity index (χ0) is 46.5. The second-order valence-electron chi connectivity index (χ2n) is 17.3. The van der Waals surface area contributed by atoms with Crippen molar-refractivity contribution in [1.29, 1.82) is 0 Å². The van der Waals surface area contributed by atoms with E-state index in [-0.39, 0.29) is 73.1 Å². The molecule has 0 nitrogen and oxygen atoms in total. The van der Waals surface area contributed by atoms with Crippen LogP contribution in [0.2, 0.25) is 0 Å². The number of allylic oxidation sites excluding steroid dienone is 19. The summed E-state index contributed by atoms with van der Waals surface area (Å²) in [5, 5.41) is 0. The fourth-order valence-electron chi connectivity index (χ4n) is 8.78. The van der Waals surface area contributed by atoms with E-state index in [4.69, 9.17) is 0 Å². The van der Waals surface area contributed by atoms with E-state index in [1.807, 2.05) is 48.6 Å². The standard InChI is InChI=1S/2C23H16.C23H15.3Pd/c3*1-2-10-20(9-1)22-13-5-7-18(16-22)15-19-8-6-14-23(17-19)21-11-3-4-12-21;;;/h1-8,13-14H,9,11,15H2;1-11,13-14,21H,15H2;1-9,11,13-14,20H,15H2;;;/q2*-4;-3;;;. The Morgan fingerprint density at radius 1 is 0.458 bits per heavy atom. The zero-order valence-electron chi connectivity index (χ0n) is 39.3. The minimum Gasteiger partial charge on any atom is -0.267 e. The van der Waals surface area contributed by atoms with Gasteiger partial charge in [-0.05, 0) is 25.3 Å². The molecule has 3 heteroatoms. The Morgan fingerprint density at radius 3 is 1.32 bits per heavy atom. The Balaban J connectivity index is 0.000000155. The summed E-state index contributed by atoms with van der Waals surface area (Å²) in [6.45, 7) is 0. The average Bonchev–Trinajstić information content (AvgIpc) is 4.26. The molecule has 0 saturated carbocycles. The third-order valence-electron chi connectivity index (χ3n) is 12.2. The number of rotatable bonds is 12. The smallest absolute Gasteiger partial charge is 0 e. The van der Waals surface area contributed by atoms with Crippen LogP contribution >= 0.6 is 0 Å². The summed E-state index contributed by atoms with van der Waals surface area (Å²) < 4.78 is 0. The zero-order valence-corrected chi connectivity index (χ0v) is 44.0. The maximum Gasteiger partial charge on any atom is 0 e. The summed E-state index contributed by atoms with van der Waals surface area (Å²) in [6, 6.07) is 67.6. The van der Waals surface area contributed by atoms with Crippen molar-refractivity contribution in [2.75, 3.05) is 0 Å². The van der Waals surface area contributed by atoms with Gasteiger partial charge in [-0.3, -0.25) is 12.2 Å². The normalized spacial score (nSPS) is 15.9. The van der Waals surface area contributed by atoms with Gasteiger partial charge in [-0.2, -0.15) is 174 Å². The van der Waals surface area contributed by atoms with Crippen molar-refractivity contribution in [1.82, 2.24) is 0 Å². The van der Waals surface area contributed by atoms with Crippen molar-refractivity contribution in [2.45, 2.75) is 43.9 Å². The number of hydrogen-bond donors (Lipinski definition) is 0. The van der Waals surface area contributed by atoms with Gasteiger partial charge in [-0.25, -0.2) is 88.1 Å². The topological polar surface area (TPSA) is 0 Å². The van der Waals surface area contributed by atoms with Gasteiger partial charge in [0.25, 0.3) is 0 Å². The summed E-state index contributed by atoms with van der Waals surface area (Å²) in [7, 11) is 0. The molecular weight excluding hydrogens is 1150 g/mol. The summed E-state index contributed by atoms with van der Waals surface area (Å²) >= 11 is 0. The predicted octanol–water partition coefficient (Wildman–Crippen LogP) is 15.4. The second-order valence-corrected chi connectivity index (χ2v) is 17.3. The SMILES string of the molecule is C1=CC=CC=1c1[c-]c(Cc2[c-]c(C3[C-]=CC=C3)ccc2)ccc1.[C-]1=C(c2[c-]c(Cc3[c-]c(C4=[C-]C=CC4)ccc3)ccc2)CC=C1.[C-]1=CC=CC1c1[c-]c(Cc2[c-]c(-c3ccc[cH-]3)ccc2)ccc1.[Pd].[Pd].[Pd]. The molecule has 0 radical (unpaired) electrons. The molecule has 2 atom stereocenters. The Hall–Kier alpha value is -6.16. The summed E-state index contributed by atoms with van der Waals surface area (Å²) in [4.78, 5) is 0. The van der Waals surface area contributed by atoms with Crippen molar-refractivity contribution in [3.8, 4) is 11.1 Å². The first-order valence-electron chi connectivity index (χ1n) is 23.7. The van der Waals surface area contributed by atoms with Gasteiger partial charge in [-0.1, -0.05) is 29.6 Å². The Labute approximate surface area is 469 Å². The van der Waals surface area contributed by atoms with E-state index >= 15 is 0 Å². The van der Waals surface area contributed by atoms with E-state index in [0.717, 1.165) is 59.9 Å². The third-order valence-corrected chi connectivity index (χ3v) is 12.2. The molecule has 0 bridgehead atoms. The van der Waals surface area contributed by atoms with Crippen molar-refractivity contribution in [3.63, 3.8) is 0 Å². The fraction of sp³-hybridized carbons (Fsp3) is 0.101. The maximum absolute atomic E-state index is 3.54. The Bertz CT molecular complexity index is 3200. The molecule has 0 saturated heterocycles. The third kappa shape index (κ3) is 14.5. The molecule has 364 valence electrons. The van der Waals surface area contributed by atoms with Gasteiger partial charge in [0.15, 0.2) is 0 Å². The van der Waals surface area contributed by atoms with Crippen LogP contribution in [-0.4, -0.2) is 0 Å². The molecule has 0 fully saturated rings. The predicted molar refractivity (Wildman–Crippen MR) is 282 cm³/mol.